The van der Waals surface area contributed by atoms with E-state index in [-0.39, 0.29) is 11.5 Å². The van der Waals surface area contributed by atoms with Gasteiger partial charge in [-0.15, -0.1) is 0 Å². The molecule has 0 atom stereocenters. The molecule has 8 nitrogen and oxygen atoms in total. The number of hydrazone groups is 1. The van der Waals surface area contributed by atoms with Crippen molar-refractivity contribution in [1.82, 2.24) is 4.83 Å². The number of esters is 1. The second-order valence-corrected chi connectivity index (χ2v) is 9.27. The summed E-state index contributed by atoms with van der Waals surface area (Å²) < 4.78 is 41.2. The van der Waals surface area contributed by atoms with Gasteiger partial charge in [-0.3, -0.25) is 0 Å². The van der Waals surface area contributed by atoms with Gasteiger partial charge in [0.15, 0.2) is 11.5 Å². The molecule has 0 aliphatic heterocycles. The number of halogens is 1. The smallest absolute Gasteiger partial charge is 0.337 e. The molecule has 0 bridgehead atoms. The maximum Gasteiger partial charge on any atom is 0.337 e. The van der Waals surface area contributed by atoms with Crippen molar-refractivity contribution < 1.29 is 27.4 Å². The van der Waals surface area contributed by atoms with Crippen LogP contribution in [-0.4, -0.2) is 34.8 Å². The molecule has 0 saturated carbocycles. The highest BCUT2D eigenvalue weighted by atomic mass is 79.9. The molecule has 3 rings (SSSR count). The molecule has 0 spiro atoms. The van der Waals surface area contributed by atoms with Gasteiger partial charge in [-0.1, -0.05) is 28.1 Å². The molecule has 3 aromatic carbocycles. The molecule has 0 radical (unpaired) electrons. The lowest BCUT2D eigenvalue weighted by atomic mass is 10.1. The zero-order chi connectivity index (χ0) is 23.8. The predicted octanol–water partition coefficient (Wildman–Crippen LogP) is 4.14. The molecule has 33 heavy (non-hydrogen) atoms. The molecule has 1 N–H and O–H groups in total. The summed E-state index contributed by atoms with van der Waals surface area (Å²) >= 11 is 3.27. The van der Waals surface area contributed by atoms with Gasteiger partial charge >= 0.3 is 5.97 Å². The molecule has 172 valence electrons. The van der Waals surface area contributed by atoms with Crippen molar-refractivity contribution in [1.29, 1.82) is 0 Å². The van der Waals surface area contributed by atoms with Crippen molar-refractivity contribution in [3.8, 4) is 11.5 Å². The lowest BCUT2D eigenvalue weighted by molar-refractivity contribution is 0.0600. The summed E-state index contributed by atoms with van der Waals surface area (Å²) in [6.07, 6.45) is 1.37. The molecule has 0 saturated heterocycles. The summed E-state index contributed by atoms with van der Waals surface area (Å²) in [5.74, 6) is 0.559. The van der Waals surface area contributed by atoms with E-state index in [4.69, 9.17) is 9.47 Å². The highest BCUT2D eigenvalue weighted by Gasteiger charge is 2.12. The van der Waals surface area contributed by atoms with Crippen LogP contribution in [-0.2, 0) is 21.4 Å². The normalized spacial score (nSPS) is 11.2. The number of benzene rings is 3. The van der Waals surface area contributed by atoms with Crippen molar-refractivity contribution in [3.63, 3.8) is 0 Å². The Kier molecular flexibility index (Phi) is 8.07. The molecular formula is C23H21BrN2O6S. The van der Waals surface area contributed by atoms with Gasteiger partial charge in [-0.2, -0.15) is 13.5 Å². The monoisotopic (exact) mass is 532 g/mol. The number of nitrogens with zero attached hydrogens (tertiary/aromatic N) is 1. The van der Waals surface area contributed by atoms with E-state index in [0.717, 1.165) is 10.0 Å². The van der Waals surface area contributed by atoms with Crippen molar-refractivity contribution in [2.45, 2.75) is 11.5 Å². The standard InChI is InChI=1S/C23H21BrN2O6S/c1-30-22-13-17(14-25-26-33(28,29)20-10-8-19(24)9-11-20)5-12-21(22)32-15-16-3-6-18(7-4-16)23(27)31-2/h3-14,26H,15H2,1-2H3/b25-14+. The zero-order valence-electron chi connectivity index (χ0n) is 17.8. The molecule has 0 amide bonds. The average molecular weight is 533 g/mol. The Balaban J connectivity index is 1.64. The van der Waals surface area contributed by atoms with Gasteiger partial charge in [-0.05, 0) is 65.7 Å². The Hall–Kier alpha value is -3.37. The predicted molar refractivity (Wildman–Crippen MR) is 127 cm³/mol. The fraction of sp³-hybridized carbons (Fsp3) is 0.130. The molecule has 0 heterocycles. The van der Waals surface area contributed by atoms with Crippen LogP contribution >= 0.6 is 15.9 Å². The molecule has 3 aromatic rings. The average Bonchev–Trinajstić information content (AvgIpc) is 2.83. The van der Waals surface area contributed by atoms with E-state index in [0.29, 0.717) is 22.6 Å². The van der Waals surface area contributed by atoms with E-state index in [1.54, 1.807) is 54.6 Å². The van der Waals surface area contributed by atoms with Crippen LogP contribution in [0.3, 0.4) is 0 Å². The fourth-order valence-corrected chi connectivity index (χ4v) is 3.79. The molecular weight excluding hydrogens is 512 g/mol. The Morgan fingerprint density at radius 2 is 1.70 bits per heavy atom. The van der Waals surface area contributed by atoms with Gasteiger partial charge in [0.2, 0.25) is 0 Å². The van der Waals surface area contributed by atoms with Crippen LogP contribution in [0.4, 0.5) is 0 Å². The first-order valence-corrected chi connectivity index (χ1v) is 11.9. The third-order valence-corrected chi connectivity index (χ3v) is 6.23. The SMILES string of the molecule is COC(=O)c1ccc(COc2ccc(/C=N/NS(=O)(=O)c3ccc(Br)cc3)cc2OC)cc1. The lowest BCUT2D eigenvalue weighted by Crippen LogP contribution is -2.18. The van der Waals surface area contributed by atoms with Crippen LogP contribution in [0.15, 0.2) is 81.2 Å². The highest BCUT2D eigenvalue weighted by molar-refractivity contribution is 9.10. The number of carbonyl (C=O) groups excluding carboxylic acids is 1. The third kappa shape index (κ3) is 6.56. The molecule has 0 fully saturated rings. The summed E-state index contributed by atoms with van der Waals surface area (Å²) in [5.41, 5.74) is 1.93. The molecule has 0 aliphatic rings. The molecule has 0 unspecified atom stereocenters. The second-order valence-electron chi connectivity index (χ2n) is 6.69. The lowest BCUT2D eigenvalue weighted by Gasteiger charge is -2.11. The largest absolute Gasteiger partial charge is 0.493 e. The number of ether oxygens (including phenoxy) is 3. The van der Waals surface area contributed by atoms with E-state index in [1.165, 1.54) is 32.6 Å². The minimum Gasteiger partial charge on any atom is -0.493 e. The Morgan fingerprint density at radius 3 is 2.33 bits per heavy atom. The van der Waals surface area contributed by atoms with Crippen LogP contribution in [0, 0.1) is 0 Å². The summed E-state index contributed by atoms with van der Waals surface area (Å²) in [6.45, 7) is 0.262. The summed E-state index contributed by atoms with van der Waals surface area (Å²) in [4.78, 5) is 13.8. The number of sulfonamides is 1. The van der Waals surface area contributed by atoms with Crippen LogP contribution in [0.5, 0.6) is 11.5 Å². The number of hydrogen-bond acceptors (Lipinski definition) is 7. The fourth-order valence-electron chi connectivity index (χ4n) is 2.74. The quantitative estimate of drug-likeness (QED) is 0.252. The van der Waals surface area contributed by atoms with Gasteiger partial charge in [-0.25, -0.2) is 9.63 Å². The van der Waals surface area contributed by atoms with Crippen molar-refractivity contribution in [3.05, 3.63) is 87.9 Å². The first-order valence-electron chi connectivity index (χ1n) is 9.61. The number of hydrogen-bond donors (Lipinski definition) is 1. The minimum atomic E-state index is -3.77. The highest BCUT2D eigenvalue weighted by Crippen LogP contribution is 2.28. The number of carbonyl (C=O) groups is 1. The minimum absolute atomic E-state index is 0.101. The van der Waals surface area contributed by atoms with Crippen molar-refractivity contribution >= 4 is 38.1 Å². The van der Waals surface area contributed by atoms with E-state index in [1.807, 2.05) is 0 Å². The maximum absolute atomic E-state index is 12.3. The number of rotatable bonds is 9. The zero-order valence-corrected chi connectivity index (χ0v) is 20.2. The van der Waals surface area contributed by atoms with Crippen LogP contribution in [0.1, 0.15) is 21.5 Å². The van der Waals surface area contributed by atoms with Crippen LogP contribution in [0.25, 0.3) is 0 Å². The Morgan fingerprint density at radius 1 is 1.00 bits per heavy atom. The van der Waals surface area contributed by atoms with Gasteiger partial charge in [0, 0.05) is 4.47 Å². The van der Waals surface area contributed by atoms with Gasteiger partial charge < -0.3 is 14.2 Å². The van der Waals surface area contributed by atoms with Crippen molar-refractivity contribution in [2.24, 2.45) is 5.10 Å². The molecule has 10 heteroatoms. The summed E-state index contributed by atoms with van der Waals surface area (Å²) in [6, 6.07) is 18.2. The second kappa shape index (κ2) is 11.0. The van der Waals surface area contributed by atoms with Crippen LogP contribution in [0.2, 0.25) is 0 Å². The Bertz CT molecular complexity index is 1240. The summed E-state index contributed by atoms with van der Waals surface area (Å²) in [7, 11) is -0.939. The van der Waals surface area contributed by atoms with E-state index in [9.17, 15) is 13.2 Å². The van der Waals surface area contributed by atoms with E-state index >= 15 is 0 Å². The molecule has 0 aromatic heterocycles. The van der Waals surface area contributed by atoms with Crippen LogP contribution < -0.4 is 14.3 Å². The molecule has 0 aliphatic carbocycles. The van der Waals surface area contributed by atoms with E-state index < -0.39 is 16.0 Å². The third-order valence-electron chi connectivity index (χ3n) is 4.47. The Labute approximate surface area is 200 Å². The van der Waals surface area contributed by atoms with Gasteiger partial charge in [0.05, 0.1) is 30.9 Å². The number of methoxy groups -OCH3 is 2. The topological polar surface area (TPSA) is 103 Å². The van der Waals surface area contributed by atoms with Gasteiger partial charge in [0.1, 0.15) is 6.61 Å². The summed E-state index contributed by atoms with van der Waals surface area (Å²) in [5, 5.41) is 3.83. The van der Waals surface area contributed by atoms with Crippen molar-refractivity contribution in [2.75, 3.05) is 14.2 Å². The maximum atomic E-state index is 12.3. The number of nitrogens with one attached hydrogen (secondary N) is 1. The first-order chi connectivity index (χ1) is 15.8. The van der Waals surface area contributed by atoms with Gasteiger partial charge in [0.25, 0.3) is 10.0 Å². The van der Waals surface area contributed by atoms with E-state index in [2.05, 4.69) is 30.6 Å². The first kappa shape index (κ1) is 24.3.